The second kappa shape index (κ2) is 11.3. The number of para-hydroxylation sites is 1. The molecule has 148 valence electrons. The fourth-order valence-electron chi connectivity index (χ4n) is 2.51. The van der Waals surface area contributed by atoms with Crippen molar-refractivity contribution in [1.29, 1.82) is 0 Å². The number of allylic oxidation sites excluding steroid dienone is 4. The predicted octanol–water partition coefficient (Wildman–Crippen LogP) is 6.22. The van der Waals surface area contributed by atoms with E-state index in [-0.39, 0.29) is 5.75 Å². The molecule has 0 aliphatic carbocycles. The number of unbranched alkanes of at least 4 members (excludes halogenated alkanes) is 1. The Morgan fingerprint density at radius 3 is 2.54 bits per heavy atom. The topological polar surface area (TPSA) is 62.5 Å². The number of rotatable bonds is 6. The van der Waals surface area contributed by atoms with Crippen molar-refractivity contribution in [1.82, 2.24) is 14.6 Å². The van der Waals surface area contributed by atoms with Crippen LogP contribution in [0.1, 0.15) is 33.6 Å². The van der Waals surface area contributed by atoms with Gasteiger partial charge >= 0.3 is 0 Å². The zero-order valence-electron chi connectivity index (χ0n) is 16.6. The van der Waals surface area contributed by atoms with Gasteiger partial charge in [-0.05, 0) is 48.3 Å². The highest BCUT2D eigenvalue weighted by Crippen LogP contribution is 2.30. The van der Waals surface area contributed by atoms with Gasteiger partial charge in [0.1, 0.15) is 11.6 Å². The average Bonchev–Trinajstić information content (AvgIpc) is 3.08. The van der Waals surface area contributed by atoms with Crippen LogP contribution in [0.4, 0.5) is 5.82 Å². The second-order valence-corrected chi connectivity index (χ2v) is 6.96. The molecule has 6 heteroatoms. The Morgan fingerprint density at radius 1 is 1.18 bits per heavy atom. The van der Waals surface area contributed by atoms with Gasteiger partial charge in [0.25, 0.3) is 0 Å². The zero-order valence-corrected chi connectivity index (χ0v) is 18.1. The van der Waals surface area contributed by atoms with E-state index in [1.165, 1.54) is 0 Å². The summed E-state index contributed by atoms with van der Waals surface area (Å²) in [7, 11) is 0. The van der Waals surface area contributed by atoms with E-state index in [4.69, 9.17) is 0 Å². The number of nitrogens with one attached hydrogen (secondary N) is 1. The normalized spacial score (nSPS) is 11.1. The van der Waals surface area contributed by atoms with Gasteiger partial charge in [-0.15, -0.1) is 0 Å². The van der Waals surface area contributed by atoms with Crippen molar-refractivity contribution in [2.45, 2.75) is 33.6 Å². The summed E-state index contributed by atoms with van der Waals surface area (Å²) in [5.74, 6) is 1.08. The van der Waals surface area contributed by atoms with Crippen LogP contribution in [0.15, 0.2) is 65.3 Å². The number of hydrogen-bond donors (Lipinski definition) is 2. The molecule has 0 saturated carbocycles. The van der Waals surface area contributed by atoms with Gasteiger partial charge in [-0.2, -0.15) is 9.61 Å². The van der Waals surface area contributed by atoms with E-state index >= 15 is 0 Å². The van der Waals surface area contributed by atoms with E-state index in [1.54, 1.807) is 22.8 Å². The first-order valence-electron chi connectivity index (χ1n) is 9.42. The van der Waals surface area contributed by atoms with Crippen molar-refractivity contribution < 1.29 is 5.11 Å². The van der Waals surface area contributed by atoms with E-state index in [0.29, 0.717) is 11.3 Å². The van der Waals surface area contributed by atoms with Crippen LogP contribution < -0.4 is 5.32 Å². The summed E-state index contributed by atoms with van der Waals surface area (Å²) in [6, 6.07) is 9.12. The van der Waals surface area contributed by atoms with Crippen molar-refractivity contribution in [2.75, 3.05) is 11.9 Å². The molecule has 0 amide bonds. The molecule has 2 N–H and O–H groups in total. The van der Waals surface area contributed by atoms with Crippen LogP contribution in [0, 0.1) is 0 Å². The zero-order chi connectivity index (χ0) is 20.4. The predicted molar refractivity (Wildman–Crippen MR) is 121 cm³/mol. The second-order valence-electron chi connectivity index (χ2n) is 6.10. The first-order valence-corrected chi connectivity index (χ1v) is 10.2. The molecule has 1 aromatic carbocycles. The highest BCUT2D eigenvalue weighted by Gasteiger charge is 2.13. The minimum Gasteiger partial charge on any atom is -0.507 e. The third-order valence-corrected chi connectivity index (χ3v) is 4.50. The lowest BCUT2D eigenvalue weighted by Gasteiger charge is -2.11. The van der Waals surface area contributed by atoms with Gasteiger partial charge in [0.2, 0.25) is 0 Å². The molecule has 3 rings (SSSR count). The van der Waals surface area contributed by atoms with Crippen LogP contribution in [0.5, 0.6) is 5.75 Å². The fraction of sp³-hybridized carbons (Fsp3) is 0.273. The Kier molecular flexibility index (Phi) is 8.75. The van der Waals surface area contributed by atoms with E-state index < -0.39 is 0 Å². The molecule has 2 aromatic heterocycles. The summed E-state index contributed by atoms with van der Waals surface area (Å²) >= 11 is 3.47. The monoisotopic (exact) mass is 442 g/mol. The SMILES string of the molecule is C/C=C\C=C/C.CCCCNc1cc(-c2ccccc2O)nc2c(Br)cnn12. The van der Waals surface area contributed by atoms with Crippen molar-refractivity contribution in [3.05, 3.63) is 65.3 Å². The lowest BCUT2D eigenvalue weighted by Crippen LogP contribution is -2.07. The van der Waals surface area contributed by atoms with Crippen LogP contribution in [0.3, 0.4) is 0 Å². The van der Waals surface area contributed by atoms with Gasteiger partial charge in [-0.3, -0.25) is 0 Å². The number of aromatic hydroxyl groups is 1. The smallest absolute Gasteiger partial charge is 0.172 e. The average molecular weight is 443 g/mol. The molecule has 5 nitrogen and oxygen atoms in total. The summed E-state index contributed by atoms with van der Waals surface area (Å²) in [5, 5.41) is 17.8. The van der Waals surface area contributed by atoms with Gasteiger partial charge in [0, 0.05) is 18.2 Å². The maximum atomic E-state index is 10.1. The van der Waals surface area contributed by atoms with Gasteiger partial charge in [0.15, 0.2) is 5.65 Å². The molecule has 0 fully saturated rings. The molecule has 3 aromatic rings. The quantitative estimate of drug-likeness (QED) is 0.351. The van der Waals surface area contributed by atoms with Gasteiger partial charge in [-0.1, -0.05) is 49.8 Å². The lowest BCUT2D eigenvalue weighted by atomic mass is 10.1. The molecule has 0 aliphatic heterocycles. The number of hydrogen-bond acceptors (Lipinski definition) is 4. The summed E-state index contributed by atoms with van der Waals surface area (Å²) < 4.78 is 2.59. The number of phenolic OH excluding ortho intramolecular Hbond substituents is 1. The number of benzene rings is 1. The number of halogens is 1. The molecule has 0 aliphatic rings. The number of phenols is 1. The van der Waals surface area contributed by atoms with Crippen LogP contribution in [0.2, 0.25) is 0 Å². The Balaban J connectivity index is 0.000000409. The minimum absolute atomic E-state index is 0.217. The van der Waals surface area contributed by atoms with Crippen LogP contribution in [-0.4, -0.2) is 26.2 Å². The van der Waals surface area contributed by atoms with E-state index in [0.717, 1.165) is 35.3 Å². The molecule has 0 spiro atoms. The van der Waals surface area contributed by atoms with Crippen LogP contribution in [-0.2, 0) is 0 Å². The summed E-state index contributed by atoms with van der Waals surface area (Å²) in [6.07, 6.45) is 11.9. The first kappa shape index (κ1) is 21.7. The molecule has 0 unspecified atom stereocenters. The van der Waals surface area contributed by atoms with Crippen molar-refractivity contribution >= 4 is 27.4 Å². The summed E-state index contributed by atoms with van der Waals surface area (Å²) in [5.41, 5.74) is 2.14. The molecule has 2 heterocycles. The largest absolute Gasteiger partial charge is 0.507 e. The molecular weight excluding hydrogens is 416 g/mol. The molecule has 0 radical (unpaired) electrons. The standard InChI is InChI=1S/C16H17BrN4O.C6H10/c1-2-3-8-18-15-9-13(11-6-4-5-7-14(11)22)20-16-12(17)10-19-21(15)16;1-3-5-6-4-2/h4-7,9-10,18,22H,2-3,8H2,1H3;3-6H,1-2H3/b;5-3-,6-4-. The Morgan fingerprint density at radius 2 is 1.89 bits per heavy atom. The number of aromatic nitrogens is 3. The van der Waals surface area contributed by atoms with Crippen LogP contribution in [0.25, 0.3) is 16.9 Å². The van der Waals surface area contributed by atoms with Crippen LogP contribution >= 0.6 is 15.9 Å². The third kappa shape index (κ3) is 5.70. The van der Waals surface area contributed by atoms with Gasteiger partial charge in [0.05, 0.1) is 16.4 Å². The lowest BCUT2D eigenvalue weighted by molar-refractivity contribution is 0.477. The van der Waals surface area contributed by atoms with Crippen molar-refractivity contribution in [3.8, 4) is 17.0 Å². The maximum Gasteiger partial charge on any atom is 0.172 e. The van der Waals surface area contributed by atoms with Crippen molar-refractivity contribution in [3.63, 3.8) is 0 Å². The van der Waals surface area contributed by atoms with E-state index in [1.807, 2.05) is 56.4 Å². The van der Waals surface area contributed by atoms with Gasteiger partial charge < -0.3 is 10.4 Å². The molecular formula is C22H27BrN4O. The molecule has 0 bridgehead atoms. The third-order valence-electron chi connectivity index (χ3n) is 3.94. The summed E-state index contributed by atoms with van der Waals surface area (Å²) in [6.45, 7) is 7.02. The maximum absolute atomic E-state index is 10.1. The highest BCUT2D eigenvalue weighted by molar-refractivity contribution is 9.10. The number of fused-ring (bicyclic) bond motifs is 1. The van der Waals surface area contributed by atoms with Gasteiger partial charge in [-0.25, -0.2) is 4.98 Å². The molecule has 0 saturated heterocycles. The fourth-order valence-corrected chi connectivity index (χ4v) is 2.85. The van der Waals surface area contributed by atoms with E-state index in [2.05, 4.69) is 38.3 Å². The number of anilines is 1. The van der Waals surface area contributed by atoms with Crippen molar-refractivity contribution in [2.24, 2.45) is 0 Å². The Hall–Kier alpha value is -2.60. The summed E-state index contributed by atoms with van der Waals surface area (Å²) in [4.78, 5) is 4.61. The Bertz CT molecular complexity index is 937. The Labute approximate surface area is 175 Å². The molecule has 28 heavy (non-hydrogen) atoms. The minimum atomic E-state index is 0.217. The first-order chi connectivity index (χ1) is 13.6. The number of nitrogens with zero attached hydrogens (tertiary/aromatic N) is 3. The highest BCUT2D eigenvalue weighted by atomic mass is 79.9. The molecule has 0 atom stereocenters. The van der Waals surface area contributed by atoms with E-state index in [9.17, 15) is 5.11 Å².